The Morgan fingerprint density at radius 1 is 0.875 bits per heavy atom. The summed E-state index contributed by atoms with van der Waals surface area (Å²) >= 11 is 0. The Labute approximate surface area is 105 Å². The molecular weight excluding hydrogens is 192 g/mol. The molecule has 98 valence electrons. The van der Waals surface area contributed by atoms with Gasteiger partial charge in [0.05, 0.1) is 0 Å². The van der Waals surface area contributed by atoms with Crippen molar-refractivity contribution in [2.75, 3.05) is 0 Å². The molecule has 0 rings (SSSR count). The molecule has 0 saturated carbocycles. The lowest BCUT2D eigenvalue weighted by Gasteiger charge is -2.19. The molecule has 0 spiro atoms. The Balaban J connectivity index is -0.000000103. The first kappa shape index (κ1) is 24.4. The van der Waals surface area contributed by atoms with Gasteiger partial charge in [-0.25, -0.2) is 0 Å². The molecule has 0 aliphatic heterocycles. The second kappa shape index (κ2) is 19.7. The predicted molar refractivity (Wildman–Crippen MR) is 82.0 cm³/mol. The minimum absolute atomic E-state index is 0.293. The van der Waals surface area contributed by atoms with Crippen molar-refractivity contribution in [2.24, 2.45) is 5.41 Å². The first-order valence-electron chi connectivity index (χ1n) is 6.32. The Kier molecular flexibility index (Phi) is 30.2. The Morgan fingerprint density at radius 3 is 1.25 bits per heavy atom. The van der Waals surface area contributed by atoms with Crippen LogP contribution in [0, 0.1) is 5.41 Å². The molecule has 0 radical (unpaired) electrons. The van der Waals surface area contributed by atoms with E-state index in [0.717, 1.165) is 0 Å². The zero-order chi connectivity index (χ0) is 14.2. The maximum absolute atomic E-state index is 3.00. The molecular formula is C16H34. The summed E-state index contributed by atoms with van der Waals surface area (Å²) in [4.78, 5) is 0. The van der Waals surface area contributed by atoms with Crippen LogP contribution in [0.1, 0.15) is 62.3 Å². The average molecular weight is 226 g/mol. The normalized spacial score (nSPS) is 10.2. The second-order valence-electron chi connectivity index (χ2n) is 3.49. The molecule has 0 amide bonds. The molecule has 0 saturated heterocycles. The van der Waals surface area contributed by atoms with Crippen LogP contribution in [0.4, 0.5) is 0 Å². The third-order valence-corrected chi connectivity index (χ3v) is 1.52. The second-order valence-corrected chi connectivity index (χ2v) is 3.49. The third-order valence-electron chi connectivity index (χ3n) is 1.52. The van der Waals surface area contributed by atoms with E-state index in [-0.39, 0.29) is 0 Å². The fourth-order valence-corrected chi connectivity index (χ4v) is 0.959. The molecule has 16 heavy (non-hydrogen) atoms. The van der Waals surface area contributed by atoms with Gasteiger partial charge < -0.3 is 0 Å². The van der Waals surface area contributed by atoms with Crippen molar-refractivity contribution >= 4 is 0 Å². The van der Waals surface area contributed by atoms with Crippen LogP contribution < -0.4 is 0 Å². The summed E-state index contributed by atoms with van der Waals surface area (Å²) in [5.41, 5.74) is 1.69. The van der Waals surface area contributed by atoms with Gasteiger partial charge in [0.2, 0.25) is 0 Å². The van der Waals surface area contributed by atoms with E-state index < -0.39 is 0 Å². The number of rotatable bonds is 1. The van der Waals surface area contributed by atoms with Crippen molar-refractivity contribution in [2.45, 2.75) is 62.3 Å². The standard InChI is InChI=1S/C10H18.2C2H6.C2H4/c1-6-8-9(7-2)10(3,4)5;3*1-2/h6-8H,1-5H3;2*1-2H3;1-2H2/b8-6-,9-7+;;;. The van der Waals surface area contributed by atoms with Crippen molar-refractivity contribution in [1.29, 1.82) is 0 Å². The summed E-state index contributed by atoms with van der Waals surface area (Å²) in [6, 6.07) is 0. The molecule has 0 N–H and O–H groups in total. The zero-order valence-corrected chi connectivity index (χ0v) is 13.1. The summed E-state index contributed by atoms with van der Waals surface area (Å²) < 4.78 is 0. The highest BCUT2D eigenvalue weighted by molar-refractivity contribution is 5.23. The van der Waals surface area contributed by atoms with Crippen LogP contribution >= 0.6 is 0 Å². The van der Waals surface area contributed by atoms with E-state index in [1.54, 1.807) is 0 Å². The van der Waals surface area contributed by atoms with Gasteiger partial charge in [-0.3, -0.25) is 0 Å². The maximum atomic E-state index is 3.00. The third kappa shape index (κ3) is 18.9. The van der Waals surface area contributed by atoms with E-state index in [1.807, 2.05) is 27.7 Å². The van der Waals surface area contributed by atoms with E-state index in [1.165, 1.54) is 5.57 Å². The van der Waals surface area contributed by atoms with Crippen LogP contribution in [0.5, 0.6) is 0 Å². The highest BCUT2D eigenvalue weighted by atomic mass is 14.2. The Morgan fingerprint density at radius 2 is 1.19 bits per heavy atom. The smallest absolute Gasteiger partial charge is 0.0135 e. The molecule has 0 unspecified atom stereocenters. The molecule has 0 aromatic carbocycles. The lowest BCUT2D eigenvalue weighted by Crippen LogP contribution is -2.06. The van der Waals surface area contributed by atoms with Gasteiger partial charge in [-0.15, -0.1) is 13.2 Å². The minimum atomic E-state index is 0.293. The van der Waals surface area contributed by atoms with Crippen molar-refractivity contribution in [3.63, 3.8) is 0 Å². The van der Waals surface area contributed by atoms with Gasteiger partial charge in [0.25, 0.3) is 0 Å². The molecule has 0 aromatic heterocycles. The van der Waals surface area contributed by atoms with Gasteiger partial charge in [-0.1, -0.05) is 66.7 Å². The fourth-order valence-electron chi connectivity index (χ4n) is 0.959. The Hall–Kier alpha value is -0.780. The first-order valence-corrected chi connectivity index (χ1v) is 6.32. The largest absolute Gasteiger partial charge is 0.106 e. The number of allylic oxidation sites excluding steroid dienone is 4. The van der Waals surface area contributed by atoms with E-state index in [0.29, 0.717) is 5.41 Å². The summed E-state index contributed by atoms with van der Waals surface area (Å²) in [6.07, 6.45) is 6.42. The van der Waals surface area contributed by atoms with Crippen LogP contribution in [0.2, 0.25) is 0 Å². The molecule has 0 atom stereocenters. The lowest BCUT2D eigenvalue weighted by atomic mass is 9.86. The number of hydrogen-bond donors (Lipinski definition) is 0. The van der Waals surface area contributed by atoms with Crippen LogP contribution in [0.25, 0.3) is 0 Å². The summed E-state index contributed by atoms with van der Waals surface area (Å²) in [7, 11) is 0. The molecule has 0 fully saturated rings. The van der Waals surface area contributed by atoms with Crippen molar-refractivity contribution in [1.82, 2.24) is 0 Å². The topological polar surface area (TPSA) is 0 Å². The van der Waals surface area contributed by atoms with Gasteiger partial charge >= 0.3 is 0 Å². The lowest BCUT2D eigenvalue weighted by molar-refractivity contribution is 0.516. The van der Waals surface area contributed by atoms with E-state index >= 15 is 0 Å². The maximum Gasteiger partial charge on any atom is -0.0135 e. The van der Waals surface area contributed by atoms with Gasteiger partial charge in [-0.05, 0) is 24.8 Å². The highest BCUT2D eigenvalue weighted by Crippen LogP contribution is 2.25. The van der Waals surface area contributed by atoms with Crippen molar-refractivity contribution in [3.8, 4) is 0 Å². The molecule has 0 heterocycles. The zero-order valence-electron chi connectivity index (χ0n) is 13.1. The molecule has 0 aromatic rings. The molecule has 0 bridgehead atoms. The molecule has 0 aliphatic carbocycles. The number of hydrogen-bond acceptors (Lipinski definition) is 0. The average Bonchev–Trinajstić information content (AvgIpc) is 2.32. The SMILES string of the molecule is C/C=C\C(=C/C)C(C)(C)C.C=C.CC.CC. The minimum Gasteiger partial charge on any atom is -0.106 e. The van der Waals surface area contributed by atoms with E-state index in [2.05, 4.69) is 66.0 Å². The van der Waals surface area contributed by atoms with Gasteiger partial charge in [0.15, 0.2) is 0 Å². The summed E-state index contributed by atoms with van der Waals surface area (Å²) in [5.74, 6) is 0. The van der Waals surface area contributed by atoms with Gasteiger partial charge in [-0.2, -0.15) is 0 Å². The van der Waals surface area contributed by atoms with Crippen LogP contribution in [-0.4, -0.2) is 0 Å². The van der Waals surface area contributed by atoms with Crippen LogP contribution in [0.3, 0.4) is 0 Å². The monoisotopic (exact) mass is 226 g/mol. The molecule has 0 aliphatic rings. The van der Waals surface area contributed by atoms with Crippen LogP contribution in [-0.2, 0) is 0 Å². The molecule has 0 heteroatoms. The van der Waals surface area contributed by atoms with Crippen molar-refractivity contribution in [3.05, 3.63) is 37.0 Å². The highest BCUT2D eigenvalue weighted by Gasteiger charge is 2.12. The summed E-state index contributed by atoms with van der Waals surface area (Å²) in [6.45, 7) is 24.8. The Bertz CT molecular complexity index is 153. The first-order chi connectivity index (χ1) is 7.52. The quantitative estimate of drug-likeness (QED) is 0.358. The fraction of sp³-hybridized carbons (Fsp3) is 0.625. The predicted octanol–water partition coefficient (Wildman–Crippen LogP) is 6.41. The van der Waals surface area contributed by atoms with Crippen LogP contribution in [0.15, 0.2) is 37.0 Å². The van der Waals surface area contributed by atoms with E-state index in [9.17, 15) is 0 Å². The van der Waals surface area contributed by atoms with Gasteiger partial charge in [0, 0.05) is 0 Å². The summed E-state index contributed by atoms with van der Waals surface area (Å²) in [5, 5.41) is 0. The van der Waals surface area contributed by atoms with Crippen molar-refractivity contribution < 1.29 is 0 Å². The van der Waals surface area contributed by atoms with E-state index in [4.69, 9.17) is 0 Å². The van der Waals surface area contributed by atoms with Gasteiger partial charge in [0.1, 0.15) is 0 Å². The molecule has 0 nitrogen and oxygen atoms in total.